The van der Waals surface area contributed by atoms with Gasteiger partial charge in [0.25, 0.3) is 0 Å². The first-order valence-electron chi connectivity index (χ1n) is 6.60. The van der Waals surface area contributed by atoms with Crippen molar-refractivity contribution in [2.24, 2.45) is 5.73 Å². The largest absolute Gasteiger partial charge is 0.325 e. The molecule has 1 aliphatic rings. The summed E-state index contributed by atoms with van der Waals surface area (Å²) < 4.78 is 1.15. The lowest BCUT2D eigenvalue weighted by Crippen LogP contribution is -2.14. The summed E-state index contributed by atoms with van der Waals surface area (Å²) in [5.74, 6) is -0.00285. The van der Waals surface area contributed by atoms with Crippen molar-refractivity contribution in [3.63, 3.8) is 0 Å². The quantitative estimate of drug-likeness (QED) is 0.737. The first kappa shape index (κ1) is 14.8. The van der Waals surface area contributed by atoms with Crippen molar-refractivity contribution in [1.29, 1.82) is 0 Å². The van der Waals surface area contributed by atoms with E-state index in [0.29, 0.717) is 11.4 Å². The van der Waals surface area contributed by atoms with Crippen LogP contribution < -0.4 is 11.1 Å². The predicted octanol–water partition coefficient (Wildman–Crippen LogP) is 3.80. The van der Waals surface area contributed by atoms with Gasteiger partial charge in [-0.05, 0) is 63.9 Å². The standard InChI is InChI=1S/C16H14ClIN2O/c1-8-3-2-4-10(15(8)18)16(19)11-5-9-6-14(21)20-13(9)7-12(11)17/h2-5,7,16H,6,19H2,1H3,(H,20,21). The van der Waals surface area contributed by atoms with Crippen LogP contribution in [0.15, 0.2) is 30.3 Å². The maximum absolute atomic E-state index is 11.5. The summed E-state index contributed by atoms with van der Waals surface area (Å²) in [5, 5.41) is 3.38. The second kappa shape index (κ2) is 5.59. The zero-order chi connectivity index (χ0) is 15.1. The second-order valence-corrected chi connectivity index (χ2v) is 6.70. The Morgan fingerprint density at radius 1 is 1.33 bits per heavy atom. The zero-order valence-electron chi connectivity index (χ0n) is 11.4. The summed E-state index contributed by atoms with van der Waals surface area (Å²) in [7, 11) is 0. The first-order valence-corrected chi connectivity index (χ1v) is 8.06. The number of hydrogen-bond donors (Lipinski definition) is 2. The second-order valence-electron chi connectivity index (χ2n) is 5.21. The molecule has 1 heterocycles. The average molecular weight is 413 g/mol. The highest BCUT2D eigenvalue weighted by Gasteiger charge is 2.23. The predicted molar refractivity (Wildman–Crippen MR) is 93.7 cm³/mol. The third-order valence-electron chi connectivity index (χ3n) is 3.74. The first-order chi connectivity index (χ1) is 9.97. The number of amides is 1. The number of carbonyl (C=O) groups is 1. The molecule has 0 bridgehead atoms. The normalized spacial score (nSPS) is 14.8. The van der Waals surface area contributed by atoms with Crippen LogP contribution in [0.1, 0.15) is 28.3 Å². The molecular formula is C16H14ClIN2O. The van der Waals surface area contributed by atoms with Crippen LogP contribution in [0.3, 0.4) is 0 Å². The molecular weight excluding hydrogens is 399 g/mol. The molecule has 1 atom stereocenters. The van der Waals surface area contributed by atoms with Gasteiger partial charge < -0.3 is 11.1 Å². The van der Waals surface area contributed by atoms with Gasteiger partial charge in [0, 0.05) is 14.3 Å². The summed E-state index contributed by atoms with van der Waals surface area (Å²) in [6, 6.07) is 9.51. The van der Waals surface area contributed by atoms with Gasteiger partial charge in [0.1, 0.15) is 0 Å². The average Bonchev–Trinajstić information content (AvgIpc) is 2.79. The van der Waals surface area contributed by atoms with Crippen molar-refractivity contribution in [3.05, 3.63) is 61.2 Å². The van der Waals surface area contributed by atoms with E-state index in [0.717, 1.165) is 25.9 Å². The van der Waals surface area contributed by atoms with Crippen molar-refractivity contribution in [1.82, 2.24) is 0 Å². The fourth-order valence-corrected chi connectivity index (χ4v) is 3.56. The highest BCUT2D eigenvalue weighted by atomic mass is 127. The van der Waals surface area contributed by atoms with Crippen LogP contribution in [0.4, 0.5) is 5.69 Å². The molecule has 0 saturated heterocycles. The van der Waals surface area contributed by atoms with E-state index in [1.807, 2.05) is 18.2 Å². The number of nitrogens with one attached hydrogen (secondary N) is 1. The highest BCUT2D eigenvalue weighted by molar-refractivity contribution is 14.1. The Kier molecular flexibility index (Phi) is 3.94. The lowest BCUT2D eigenvalue weighted by atomic mass is 9.96. The van der Waals surface area contributed by atoms with E-state index in [-0.39, 0.29) is 11.9 Å². The molecule has 3 N–H and O–H groups in total. The summed E-state index contributed by atoms with van der Waals surface area (Å²) in [5.41, 5.74) is 11.3. The Bertz CT molecular complexity index is 745. The monoisotopic (exact) mass is 412 g/mol. The Labute approximate surface area is 142 Å². The van der Waals surface area contributed by atoms with Crippen molar-refractivity contribution in [2.75, 3.05) is 5.32 Å². The number of halogens is 2. The van der Waals surface area contributed by atoms with Gasteiger partial charge in [-0.1, -0.05) is 29.8 Å². The molecule has 0 aliphatic carbocycles. The number of hydrogen-bond acceptors (Lipinski definition) is 2. The van der Waals surface area contributed by atoms with Gasteiger partial charge in [0.2, 0.25) is 5.91 Å². The van der Waals surface area contributed by atoms with Gasteiger partial charge in [-0.25, -0.2) is 0 Å². The van der Waals surface area contributed by atoms with Crippen molar-refractivity contribution < 1.29 is 4.79 Å². The van der Waals surface area contributed by atoms with E-state index in [4.69, 9.17) is 17.3 Å². The summed E-state index contributed by atoms with van der Waals surface area (Å²) in [6.07, 6.45) is 0.386. The Morgan fingerprint density at radius 2 is 2.10 bits per heavy atom. The molecule has 2 aromatic carbocycles. The maximum atomic E-state index is 11.5. The number of anilines is 1. The van der Waals surface area contributed by atoms with E-state index in [2.05, 4.69) is 40.9 Å². The number of fused-ring (bicyclic) bond motifs is 1. The van der Waals surface area contributed by atoms with Gasteiger partial charge in [-0.3, -0.25) is 4.79 Å². The topological polar surface area (TPSA) is 55.1 Å². The van der Waals surface area contributed by atoms with Crippen molar-refractivity contribution >= 4 is 45.8 Å². The molecule has 2 aromatic rings. The van der Waals surface area contributed by atoms with Gasteiger partial charge in [-0.2, -0.15) is 0 Å². The summed E-state index contributed by atoms with van der Waals surface area (Å²) in [6.45, 7) is 2.06. The third kappa shape index (κ3) is 2.67. The SMILES string of the molecule is Cc1cccc(C(N)c2cc3c(cc2Cl)NC(=O)C3)c1I. The fourth-order valence-electron chi connectivity index (χ4n) is 2.58. The minimum absolute atomic E-state index is 0.00285. The molecule has 0 spiro atoms. The summed E-state index contributed by atoms with van der Waals surface area (Å²) >= 11 is 8.67. The molecule has 1 amide bonds. The molecule has 5 heteroatoms. The Morgan fingerprint density at radius 3 is 2.86 bits per heavy atom. The molecule has 0 fully saturated rings. The molecule has 1 unspecified atom stereocenters. The number of nitrogens with two attached hydrogens (primary N) is 1. The van der Waals surface area contributed by atoms with E-state index in [1.54, 1.807) is 6.07 Å². The Balaban J connectivity index is 2.06. The molecule has 0 saturated carbocycles. The number of carbonyl (C=O) groups excluding carboxylic acids is 1. The lowest BCUT2D eigenvalue weighted by molar-refractivity contribution is -0.115. The van der Waals surface area contributed by atoms with Crippen LogP contribution in [0.2, 0.25) is 5.02 Å². The molecule has 3 rings (SSSR count). The van der Waals surface area contributed by atoms with Gasteiger partial charge in [-0.15, -0.1) is 0 Å². The number of benzene rings is 2. The minimum Gasteiger partial charge on any atom is -0.325 e. The van der Waals surface area contributed by atoms with Crippen LogP contribution in [0.25, 0.3) is 0 Å². The van der Waals surface area contributed by atoms with Crippen LogP contribution in [-0.2, 0) is 11.2 Å². The van der Waals surface area contributed by atoms with Gasteiger partial charge in [0.15, 0.2) is 0 Å². The molecule has 1 aliphatic heterocycles. The Hall–Kier alpha value is -1.11. The van der Waals surface area contributed by atoms with Crippen LogP contribution in [0.5, 0.6) is 0 Å². The van der Waals surface area contributed by atoms with Crippen molar-refractivity contribution in [2.45, 2.75) is 19.4 Å². The minimum atomic E-state index is -0.301. The molecule has 3 nitrogen and oxygen atoms in total. The molecule has 0 radical (unpaired) electrons. The number of rotatable bonds is 2. The van der Waals surface area contributed by atoms with Crippen LogP contribution in [-0.4, -0.2) is 5.91 Å². The number of aryl methyl sites for hydroxylation is 1. The maximum Gasteiger partial charge on any atom is 0.228 e. The van der Waals surface area contributed by atoms with E-state index >= 15 is 0 Å². The highest BCUT2D eigenvalue weighted by Crippen LogP contribution is 2.35. The molecule has 21 heavy (non-hydrogen) atoms. The zero-order valence-corrected chi connectivity index (χ0v) is 14.3. The van der Waals surface area contributed by atoms with Crippen LogP contribution in [0, 0.1) is 10.5 Å². The van der Waals surface area contributed by atoms with Crippen LogP contribution >= 0.6 is 34.2 Å². The van der Waals surface area contributed by atoms with E-state index in [1.165, 1.54) is 5.56 Å². The molecule has 0 aromatic heterocycles. The van der Waals surface area contributed by atoms with Crippen molar-refractivity contribution in [3.8, 4) is 0 Å². The molecule has 108 valence electrons. The van der Waals surface area contributed by atoms with E-state index in [9.17, 15) is 4.79 Å². The fraction of sp³-hybridized carbons (Fsp3) is 0.188. The van der Waals surface area contributed by atoms with E-state index < -0.39 is 0 Å². The third-order valence-corrected chi connectivity index (χ3v) is 5.54. The smallest absolute Gasteiger partial charge is 0.228 e. The van der Waals surface area contributed by atoms with Gasteiger partial charge in [0.05, 0.1) is 12.5 Å². The lowest BCUT2D eigenvalue weighted by Gasteiger charge is -2.18. The van der Waals surface area contributed by atoms with Gasteiger partial charge >= 0.3 is 0 Å². The summed E-state index contributed by atoms with van der Waals surface area (Å²) in [4.78, 5) is 11.5.